The third-order valence-electron chi connectivity index (χ3n) is 5.93. The van der Waals surface area contributed by atoms with Crippen LogP contribution in [-0.4, -0.2) is 57.3 Å². The van der Waals surface area contributed by atoms with Crippen molar-refractivity contribution in [3.63, 3.8) is 0 Å². The Bertz CT molecular complexity index is 1520. The lowest BCUT2D eigenvalue weighted by molar-refractivity contribution is 0.0222. The quantitative estimate of drug-likeness (QED) is 0.228. The van der Waals surface area contributed by atoms with Crippen LogP contribution in [0.5, 0.6) is 23.0 Å². The Hall–Kier alpha value is -4.84. The third kappa shape index (κ3) is 8.35. The van der Waals surface area contributed by atoms with Crippen LogP contribution < -0.4 is 18.9 Å². The number of benzene rings is 3. The highest BCUT2D eigenvalue weighted by molar-refractivity contribution is 6.35. The zero-order valence-electron chi connectivity index (χ0n) is 24.4. The predicted octanol–water partition coefficient (Wildman–Crippen LogP) is 5.61. The molecule has 1 N–H and O–H groups in total. The normalized spacial score (nSPS) is 11.0. The number of ether oxygens (including phenoxy) is 5. The molecule has 12 nitrogen and oxygen atoms in total. The summed E-state index contributed by atoms with van der Waals surface area (Å²) < 4.78 is 28.1. The van der Waals surface area contributed by atoms with Gasteiger partial charge in [0.05, 0.1) is 31.4 Å². The molecule has 0 unspecified atom stereocenters. The zero-order valence-corrected chi connectivity index (χ0v) is 25.2. The molecule has 226 valence electrons. The maximum absolute atomic E-state index is 13.8. The van der Waals surface area contributed by atoms with E-state index >= 15 is 0 Å². The highest BCUT2D eigenvalue weighted by Gasteiger charge is 2.32. The summed E-state index contributed by atoms with van der Waals surface area (Å²) >= 11 is 6.82. The van der Waals surface area contributed by atoms with E-state index in [2.05, 4.69) is 20.6 Å². The number of methoxy groups -OCH3 is 2. The molecule has 0 fully saturated rings. The summed E-state index contributed by atoms with van der Waals surface area (Å²) in [5.74, 6) is 1.19. The summed E-state index contributed by atoms with van der Waals surface area (Å²) in [5, 5.41) is 13.5. The first-order chi connectivity index (χ1) is 20.6. The Kier molecular flexibility index (Phi) is 10.0. The number of hydrogen-bond donors (Lipinski definition) is 1. The lowest BCUT2D eigenvalue weighted by Crippen LogP contribution is -2.40. The van der Waals surface area contributed by atoms with Gasteiger partial charge < -0.3 is 23.7 Å². The first kappa shape index (κ1) is 31.1. The monoisotopic (exact) mass is 609 g/mol. The van der Waals surface area contributed by atoms with Crippen molar-refractivity contribution in [2.75, 3.05) is 14.2 Å². The number of carbonyl (C=O) groups is 2. The summed E-state index contributed by atoms with van der Waals surface area (Å²) in [7, 11) is 3.18. The molecular weight excluding hydrogens is 578 g/mol. The van der Waals surface area contributed by atoms with Gasteiger partial charge in [-0.1, -0.05) is 41.1 Å². The molecule has 4 rings (SSSR count). The molecule has 0 radical (unpaired) electrons. The molecule has 4 aromatic rings. The van der Waals surface area contributed by atoms with Gasteiger partial charge in [-0.05, 0) is 68.3 Å². The zero-order chi connectivity index (χ0) is 31.0. The Morgan fingerprint density at radius 3 is 1.95 bits per heavy atom. The topological polar surface area (TPSA) is 138 Å². The Balaban J connectivity index is 1.66. The molecule has 13 heteroatoms. The van der Waals surface area contributed by atoms with E-state index in [-0.39, 0.29) is 41.9 Å². The molecule has 0 atom stereocenters. The van der Waals surface area contributed by atoms with Crippen molar-refractivity contribution in [2.24, 2.45) is 0 Å². The smallest absolute Gasteiger partial charge is 0.417 e. The van der Waals surface area contributed by atoms with Crippen molar-refractivity contribution in [3.05, 3.63) is 88.2 Å². The van der Waals surface area contributed by atoms with E-state index in [4.69, 9.17) is 35.3 Å². The van der Waals surface area contributed by atoms with Crippen LogP contribution >= 0.6 is 11.6 Å². The molecule has 0 saturated carbocycles. The second-order valence-corrected chi connectivity index (χ2v) is 10.6. The van der Waals surface area contributed by atoms with Crippen molar-refractivity contribution in [1.82, 2.24) is 25.5 Å². The molecule has 0 aliphatic carbocycles. The predicted molar refractivity (Wildman–Crippen MR) is 156 cm³/mol. The highest BCUT2D eigenvalue weighted by atomic mass is 35.5. The van der Waals surface area contributed by atoms with Crippen LogP contribution in [-0.2, 0) is 24.5 Å². The van der Waals surface area contributed by atoms with Crippen LogP contribution in [0.4, 0.5) is 4.79 Å². The number of rotatable bonds is 11. The van der Waals surface area contributed by atoms with Gasteiger partial charge in [0.2, 0.25) is 0 Å². The standard InChI is InChI=1S/C30H32ClN5O7/c1-30(2,3)43-29(38)36(16-25-32-34-35-33-25)28(37)23-14-15-24(41-17-19-6-10-21(39-4)11-7-19)27(26(23)31)42-18-20-8-12-22(40-5)13-9-20/h6-15H,16-18H2,1-5H3,(H,32,33,34,35). The molecule has 1 heterocycles. The fourth-order valence-electron chi connectivity index (χ4n) is 3.78. The van der Waals surface area contributed by atoms with Crippen LogP contribution in [0.2, 0.25) is 5.02 Å². The van der Waals surface area contributed by atoms with E-state index < -0.39 is 17.6 Å². The molecule has 43 heavy (non-hydrogen) atoms. The average molecular weight is 610 g/mol. The fourth-order valence-corrected chi connectivity index (χ4v) is 4.08. The first-order valence-corrected chi connectivity index (χ1v) is 13.6. The summed E-state index contributed by atoms with van der Waals surface area (Å²) in [6.45, 7) is 5.06. The minimum absolute atomic E-state index is 0.0162. The molecule has 0 spiro atoms. The summed E-state index contributed by atoms with van der Waals surface area (Å²) in [6, 6.07) is 17.7. The van der Waals surface area contributed by atoms with E-state index in [1.54, 1.807) is 53.2 Å². The number of nitrogens with one attached hydrogen (secondary N) is 1. The lowest BCUT2D eigenvalue weighted by atomic mass is 10.1. The van der Waals surface area contributed by atoms with Crippen molar-refractivity contribution >= 4 is 23.6 Å². The summed E-state index contributed by atoms with van der Waals surface area (Å²) in [6.07, 6.45) is -0.904. The Labute approximate surface area is 253 Å². The van der Waals surface area contributed by atoms with E-state index in [1.165, 1.54) is 6.07 Å². The maximum atomic E-state index is 13.8. The van der Waals surface area contributed by atoms with Gasteiger partial charge in [-0.3, -0.25) is 4.79 Å². The summed E-state index contributed by atoms with van der Waals surface area (Å²) in [5.41, 5.74) is 0.803. The van der Waals surface area contributed by atoms with Crippen LogP contribution in [0.25, 0.3) is 0 Å². The number of amides is 2. The number of carbonyl (C=O) groups excluding carboxylic acids is 2. The van der Waals surface area contributed by atoms with E-state index in [0.717, 1.165) is 16.0 Å². The van der Waals surface area contributed by atoms with Crippen LogP contribution in [0.3, 0.4) is 0 Å². The lowest BCUT2D eigenvalue weighted by Gasteiger charge is -2.26. The number of imide groups is 1. The largest absolute Gasteiger partial charge is 0.497 e. The maximum Gasteiger partial charge on any atom is 0.417 e. The number of hydrogen-bond acceptors (Lipinski definition) is 10. The van der Waals surface area contributed by atoms with Crippen molar-refractivity contribution in [1.29, 1.82) is 0 Å². The highest BCUT2D eigenvalue weighted by Crippen LogP contribution is 2.39. The molecule has 0 aliphatic heterocycles. The first-order valence-electron chi connectivity index (χ1n) is 13.2. The molecular formula is C30H32ClN5O7. The number of halogens is 1. The van der Waals surface area contributed by atoms with Crippen LogP contribution in [0.15, 0.2) is 60.7 Å². The minimum Gasteiger partial charge on any atom is -0.497 e. The number of H-pyrrole nitrogens is 1. The van der Waals surface area contributed by atoms with Gasteiger partial charge in [-0.25, -0.2) is 9.69 Å². The third-order valence-corrected chi connectivity index (χ3v) is 6.31. The molecule has 0 aliphatic rings. The van der Waals surface area contributed by atoms with Gasteiger partial charge in [0, 0.05) is 0 Å². The second kappa shape index (κ2) is 13.9. The minimum atomic E-state index is -0.904. The summed E-state index contributed by atoms with van der Waals surface area (Å²) in [4.78, 5) is 27.8. The second-order valence-electron chi connectivity index (χ2n) is 10.2. The fraction of sp³-hybridized carbons (Fsp3) is 0.300. The SMILES string of the molecule is COc1ccc(COc2ccc(C(=O)N(Cc3nn[nH]n3)C(=O)OC(C)(C)C)c(Cl)c2OCc2ccc(OC)cc2)cc1. The van der Waals surface area contributed by atoms with E-state index in [1.807, 2.05) is 36.4 Å². The van der Waals surface area contributed by atoms with Gasteiger partial charge >= 0.3 is 6.09 Å². The van der Waals surface area contributed by atoms with Crippen molar-refractivity contribution in [3.8, 4) is 23.0 Å². The number of tetrazole rings is 1. The van der Waals surface area contributed by atoms with Crippen LogP contribution in [0.1, 0.15) is 48.1 Å². The Morgan fingerprint density at radius 2 is 1.44 bits per heavy atom. The van der Waals surface area contributed by atoms with Gasteiger partial charge in [0.15, 0.2) is 17.3 Å². The molecule has 1 aromatic heterocycles. The molecule has 3 aromatic carbocycles. The molecule has 0 bridgehead atoms. The molecule has 2 amide bonds. The van der Waals surface area contributed by atoms with E-state index in [0.29, 0.717) is 17.2 Å². The van der Waals surface area contributed by atoms with Gasteiger partial charge in [0.25, 0.3) is 5.91 Å². The number of aromatic amines is 1. The average Bonchev–Trinajstić information content (AvgIpc) is 3.51. The van der Waals surface area contributed by atoms with Gasteiger partial charge in [-0.2, -0.15) is 5.21 Å². The Morgan fingerprint density at radius 1 is 0.860 bits per heavy atom. The number of nitrogens with zero attached hydrogens (tertiary/aromatic N) is 4. The number of aromatic nitrogens is 4. The molecule has 0 saturated heterocycles. The van der Waals surface area contributed by atoms with Gasteiger partial charge in [-0.15, -0.1) is 10.2 Å². The van der Waals surface area contributed by atoms with Crippen molar-refractivity contribution in [2.45, 2.75) is 46.1 Å². The van der Waals surface area contributed by atoms with E-state index in [9.17, 15) is 9.59 Å². The van der Waals surface area contributed by atoms with Gasteiger partial charge in [0.1, 0.15) is 30.3 Å². The van der Waals surface area contributed by atoms with Crippen molar-refractivity contribution < 1.29 is 33.3 Å². The van der Waals surface area contributed by atoms with Crippen LogP contribution in [0, 0.1) is 0 Å².